The molecule has 26 heavy (non-hydrogen) atoms. The number of hydrogen-bond acceptors (Lipinski definition) is 3. The number of carbonyl (C=O) groups excluding carboxylic acids is 2. The summed E-state index contributed by atoms with van der Waals surface area (Å²) in [5.41, 5.74) is 1.57. The molecule has 0 aliphatic carbocycles. The Kier molecular flexibility index (Phi) is 5.84. The maximum atomic E-state index is 12.5. The van der Waals surface area contributed by atoms with Crippen molar-refractivity contribution in [3.8, 4) is 5.75 Å². The van der Waals surface area contributed by atoms with Gasteiger partial charge in [-0.15, -0.1) is 0 Å². The van der Waals surface area contributed by atoms with E-state index in [4.69, 9.17) is 27.9 Å². The van der Waals surface area contributed by atoms with E-state index in [0.29, 0.717) is 47.3 Å². The van der Waals surface area contributed by atoms with E-state index in [2.05, 4.69) is 0 Å². The Morgan fingerprint density at radius 3 is 2.35 bits per heavy atom. The summed E-state index contributed by atoms with van der Waals surface area (Å²) in [5, 5.41) is 1.01. The zero-order chi connectivity index (χ0) is 18.7. The number of amides is 1. The number of rotatable bonds is 3. The molecule has 136 valence electrons. The van der Waals surface area contributed by atoms with Crippen LogP contribution in [0.4, 0.5) is 0 Å². The van der Waals surface area contributed by atoms with Gasteiger partial charge in [-0.25, -0.2) is 0 Å². The van der Waals surface area contributed by atoms with Gasteiger partial charge >= 0.3 is 5.97 Å². The Bertz CT molecular complexity index is 812. The zero-order valence-electron chi connectivity index (χ0n) is 14.4. The fraction of sp³-hybridized carbons (Fsp3) is 0.300. The van der Waals surface area contributed by atoms with Crippen LogP contribution in [0.1, 0.15) is 28.8 Å². The molecule has 1 fully saturated rings. The first-order chi connectivity index (χ1) is 12.4. The lowest BCUT2D eigenvalue weighted by atomic mass is 9.96. The maximum absolute atomic E-state index is 12.5. The molecule has 2 aromatic rings. The molecule has 1 saturated heterocycles. The van der Waals surface area contributed by atoms with E-state index in [0.717, 1.165) is 5.56 Å². The lowest BCUT2D eigenvalue weighted by Gasteiger charge is -2.31. The quantitative estimate of drug-likeness (QED) is 0.559. The van der Waals surface area contributed by atoms with Crippen LogP contribution < -0.4 is 4.74 Å². The number of piperidine rings is 1. The highest BCUT2D eigenvalue weighted by atomic mass is 35.5. The van der Waals surface area contributed by atoms with Gasteiger partial charge in [-0.2, -0.15) is 0 Å². The number of benzene rings is 2. The third kappa shape index (κ3) is 4.37. The van der Waals surface area contributed by atoms with E-state index < -0.39 is 0 Å². The molecule has 6 heteroatoms. The first-order valence-electron chi connectivity index (χ1n) is 8.47. The molecular formula is C20H19Cl2NO3. The van der Waals surface area contributed by atoms with Crippen molar-refractivity contribution in [3.05, 3.63) is 63.6 Å². The number of ether oxygens (including phenoxy) is 1. The molecule has 1 amide bonds. The summed E-state index contributed by atoms with van der Waals surface area (Å²) in [5.74, 6) is -0.191. The summed E-state index contributed by atoms with van der Waals surface area (Å²) >= 11 is 11.9. The monoisotopic (exact) mass is 391 g/mol. The minimum absolute atomic E-state index is 0.0461. The van der Waals surface area contributed by atoms with Crippen LogP contribution in [-0.2, 0) is 4.79 Å². The highest BCUT2D eigenvalue weighted by Crippen LogP contribution is 2.28. The van der Waals surface area contributed by atoms with Gasteiger partial charge in [0, 0.05) is 23.7 Å². The molecule has 1 heterocycles. The Hall–Kier alpha value is -2.04. The summed E-state index contributed by atoms with van der Waals surface area (Å²) in [6, 6.07) is 12.2. The second-order valence-electron chi connectivity index (χ2n) is 6.43. The Balaban J connectivity index is 1.57. The minimum Gasteiger partial charge on any atom is -0.425 e. The molecule has 0 radical (unpaired) electrons. The minimum atomic E-state index is -0.295. The molecule has 0 spiro atoms. The lowest BCUT2D eigenvalue weighted by Crippen LogP contribution is -2.41. The average Bonchev–Trinajstić information content (AvgIpc) is 2.65. The molecule has 0 aromatic heterocycles. The van der Waals surface area contributed by atoms with Crippen LogP contribution in [0.25, 0.3) is 0 Å². The largest absolute Gasteiger partial charge is 0.425 e. The van der Waals surface area contributed by atoms with Crippen LogP contribution in [0.3, 0.4) is 0 Å². The SMILES string of the molecule is Cc1ccc(Cl)c(OC(=O)C2CCN(C(=O)c3ccc(Cl)cc3)CC2)c1. The van der Waals surface area contributed by atoms with Crippen molar-refractivity contribution < 1.29 is 14.3 Å². The smallest absolute Gasteiger partial charge is 0.314 e. The third-order valence-corrected chi connectivity index (χ3v) is 5.07. The maximum Gasteiger partial charge on any atom is 0.314 e. The van der Waals surface area contributed by atoms with Gasteiger partial charge in [-0.05, 0) is 61.7 Å². The number of likely N-dealkylation sites (tertiary alicyclic amines) is 1. The molecule has 0 atom stereocenters. The molecule has 0 unspecified atom stereocenters. The topological polar surface area (TPSA) is 46.6 Å². The number of esters is 1. The molecule has 4 nitrogen and oxygen atoms in total. The number of hydrogen-bond donors (Lipinski definition) is 0. The molecule has 0 N–H and O–H groups in total. The van der Waals surface area contributed by atoms with Crippen LogP contribution in [0, 0.1) is 12.8 Å². The van der Waals surface area contributed by atoms with Crippen molar-refractivity contribution in [3.63, 3.8) is 0 Å². The Morgan fingerprint density at radius 2 is 1.69 bits per heavy atom. The molecule has 0 bridgehead atoms. The van der Waals surface area contributed by atoms with Crippen LogP contribution >= 0.6 is 23.2 Å². The highest BCUT2D eigenvalue weighted by molar-refractivity contribution is 6.32. The van der Waals surface area contributed by atoms with E-state index >= 15 is 0 Å². The van der Waals surface area contributed by atoms with E-state index in [1.807, 2.05) is 13.0 Å². The second kappa shape index (κ2) is 8.11. The van der Waals surface area contributed by atoms with Gasteiger partial charge in [0.25, 0.3) is 5.91 Å². The molecule has 2 aromatic carbocycles. The van der Waals surface area contributed by atoms with Crippen molar-refractivity contribution >= 4 is 35.1 Å². The zero-order valence-corrected chi connectivity index (χ0v) is 15.9. The van der Waals surface area contributed by atoms with Gasteiger partial charge < -0.3 is 9.64 Å². The van der Waals surface area contributed by atoms with Gasteiger partial charge in [0.05, 0.1) is 10.9 Å². The second-order valence-corrected chi connectivity index (χ2v) is 7.27. The molecule has 1 aliphatic heterocycles. The van der Waals surface area contributed by atoms with Crippen LogP contribution in [-0.4, -0.2) is 29.9 Å². The number of halogens is 2. The molecular weight excluding hydrogens is 373 g/mol. The van der Waals surface area contributed by atoms with E-state index in [9.17, 15) is 9.59 Å². The number of nitrogens with zero attached hydrogens (tertiary/aromatic N) is 1. The summed E-state index contributed by atoms with van der Waals surface area (Å²) in [4.78, 5) is 26.7. The predicted molar refractivity (Wildman–Crippen MR) is 102 cm³/mol. The van der Waals surface area contributed by atoms with Gasteiger partial charge in [0.2, 0.25) is 0 Å². The van der Waals surface area contributed by atoms with E-state index in [1.165, 1.54) is 0 Å². The number of carbonyl (C=O) groups is 2. The third-order valence-electron chi connectivity index (χ3n) is 4.50. The fourth-order valence-corrected chi connectivity index (χ4v) is 3.26. The van der Waals surface area contributed by atoms with Crippen LogP contribution in [0.15, 0.2) is 42.5 Å². The van der Waals surface area contributed by atoms with Crippen LogP contribution in [0.5, 0.6) is 5.75 Å². The summed E-state index contributed by atoms with van der Waals surface area (Å²) in [6.07, 6.45) is 1.14. The van der Waals surface area contributed by atoms with Gasteiger partial charge in [0.15, 0.2) is 0 Å². The number of aryl methyl sites for hydroxylation is 1. The molecule has 1 aliphatic rings. The normalized spacial score (nSPS) is 15.0. The summed E-state index contributed by atoms with van der Waals surface area (Å²) in [6.45, 7) is 2.94. The van der Waals surface area contributed by atoms with Crippen molar-refractivity contribution in [1.29, 1.82) is 0 Å². The van der Waals surface area contributed by atoms with Crippen molar-refractivity contribution in [2.75, 3.05) is 13.1 Å². The predicted octanol–water partition coefficient (Wildman–Crippen LogP) is 4.76. The van der Waals surface area contributed by atoms with Crippen molar-refractivity contribution in [2.45, 2.75) is 19.8 Å². The van der Waals surface area contributed by atoms with Crippen LogP contribution in [0.2, 0.25) is 10.0 Å². The van der Waals surface area contributed by atoms with E-state index in [-0.39, 0.29) is 17.8 Å². The molecule has 3 rings (SSSR count). The van der Waals surface area contributed by atoms with Gasteiger partial charge in [0.1, 0.15) is 5.75 Å². The van der Waals surface area contributed by atoms with Crippen molar-refractivity contribution in [1.82, 2.24) is 4.90 Å². The Labute approximate surface area is 162 Å². The van der Waals surface area contributed by atoms with Crippen molar-refractivity contribution in [2.24, 2.45) is 5.92 Å². The lowest BCUT2D eigenvalue weighted by molar-refractivity contribution is -0.140. The highest BCUT2D eigenvalue weighted by Gasteiger charge is 2.29. The fourth-order valence-electron chi connectivity index (χ4n) is 2.97. The van der Waals surface area contributed by atoms with E-state index in [1.54, 1.807) is 41.3 Å². The first-order valence-corrected chi connectivity index (χ1v) is 9.22. The van der Waals surface area contributed by atoms with Gasteiger partial charge in [-0.3, -0.25) is 9.59 Å². The molecule has 0 saturated carbocycles. The first kappa shape index (κ1) is 18.7. The standard InChI is InChI=1S/C20H19Cl2NO3/c1-13-2-7-17(22)18(12-13)26-20(25)15-8-10-23(11-9-15)19(24)14-3-5-16(21)6-4-14/h2-7,12,15H,8-11H2,1H3. The summed E-state index contributed by atoms with van der Waals surface area (Å²) in [7, 11) is 0. The van der Waals surface area contributed by atoms with Gasteiger partial charge in [-0.1, -0.05) is 29.3 Å². The summed E-state index contributed by atoms with van der Waals surface area (Å²) < 4.78 is 5.47. The Morgan fingerprint density at radius 1 is 1.04 bits per heavy atom. The average molecular weight is 392 g/mol.